The SMILES string of the molecule is Nc1cn[nH]c1C1CCCCN1c1ncnc2cc(F)c(Br)cc12. The molecule has 0 spiro atoms. The molecule has 4 rings (SSSR count). The van der Waals surface area contributed by atoms with Crippen LogP contribution in [0.3, 0.4) is 0 Å². The third kappa shape index (κ3) is 2.50. The van der Waals surface area contributed by atoms with Crippen molar-refractivity contribution in [1.82, 2.24) is 20.2 Å². The van der Waals surface area contributed by atoms with E-state index >= 15 is 0 Å². The molecule has 3 aromatic rings. The normalized spacial score (nSPS) is 18.2. The monoisotopic (exact) mass is 390 g/mol. The molecule has 2 aromatic heterocycles. The fraction of sp³-hybridized carbons (Fsp3) is 0.312. The van der Waals surface area contributed by atoms with Crippen molar-refractivity contribution in [3.63, 3.8) is 0 Å². The number of piperidine rings is 1. The molecule has 6 nitrogen and oxygen atoms in total. The second kappa shape index (κ2) is 6.01. The van der Waals surface area contributed by atoms with Crippen molar-refractivity contribution < 1.29 is 4.39 Å². The van der Waals surface area contributed by atoms with Gasteiger partial charge in [-0.3, -0.25) is 5.10 Å². The number of aromatic amines is 1. The summed E-state index contributed by atoms with van der Waals surface area (Å²) in [6.45, 7) is 0.851. The summed E-state index contributed by atoms with van der Waals surface area (Å²) in [5, 5.41) is 7.88. The smallest absolute Gasteiger partial charge is 0.140 e. The van der Waals surface area contributed by atoms with E-state index in [0.29, 0.717) is 15.7 Å². The Morgan fingerprint density at radius 2 is 2.17 bits per heavy atom. The summed E-state index contributed by atoms with van der Waals surface area (Å²) in [7, 11) is 0. The zero-order chi connectivity index (χ0) is 16.7. The lowest BCUT2D eigenvalue weighted by Gasteiger charge is -2.36. The second-order valence-electron chi connectivity index (χ2n) is 5.92. The number of halogens is 2. The number of rotatable bonds is 2. The second-order valence-corrected chi connectivity index (χ2v) is 6.78. The van der Waals surface area contributed by atoms with E-state index in [1.165, 1.54) is 12.4 Å². The lowest BCUT2D eigenvalue weighted by atomic mass is 9.98. The van der Waals surface area contributed by atoms with Crippen molar-refractivity contribution >= 4 is 38.3 Å². The molecular formula is C16H16BrFN6. The van der Waals surface area contributed by atoms with Gasteiger partial charge in [-0.2, -0.15) is 5.10 Å². The van der Waals surface area contributed by atoms with Gasteiger partial charge in [-0.1, -0.05) is 0 Å². The lowest BCUT2D eigenvalue weighted by Crippen LogP contribution is -2.34. The third-order valence-corrected chi connectivity index (χ3v) is 5.07. The zero-order valence-corrected chi connectivity index (χ0v) is 14.4. The van der Waals surface area contributed by atoms with Gasteiger partial charge in [-0.15, -0.1) is 0 Å². The predicted octanol–water partition coefficient (Wildman–Crippen LogP) is 3.57. The molecule has 3 heterocycles. The number of hydrogen-bond acceptors (Lipinski definition) is 5. The molecule has 1 aliphatic heterocycles. The summed E-state index contributed by atoms with van der Waals surface area (Å²) in [6.07, 6.45) is 6.25. The highest BCUT2D eigenvalue weighted by Crippen LogP contribution is 2.38. The minimum Gasteiger partial charge on any atom is -0.396 e. The van der Waals surface area contributed by atoms with Crippen molar-refractivity contribution in [2.24, 2.45) is 0 Å². The van der Waals surface area contributed by atoms with Crippen LogP contribution < -0.4 is 10.6 Å². The first-order valence-corrected chi connectivity index (χ1v) is 8.59. The summed E-state index contributed by atoms with van der Waals surface area (Å²) < 4.78 is 14.2. The van der Waals surface area contributed by atoms with Gasteiger partial charge in [0.2, 0.25) is 0 Å². The lowest BCUT2D eigenvalue weighted by molar-refractivity contribution is 0.463. The standard InChI is InChI=1S/C16H16BrFN6/c17-10-5-9-13(6-11(10)18)20-8-21-16(9)24-4-2-1-3-14(24)15-12(19)7-22-23-15/h5-8,14H,1-4,19H2,(H,22,23). The Labute approximate surface area is 146 Å². The highest BCUT2D eigenvalue weighted by atomic mass is 79.9. The Bertz CT molecular complexity index is 895. The molecule has 24 heavy (non-hydrogen) atoms. The van der Waals surface area contributed by atoms with E-state index in [0.717, 1.165) is 42.7 Å². The number of nitrogens with zero attached hydrogens (tertiary/aromatic N) is 4. The molecule has 1 aromatic carbocycles. The van der Waals surface area contributed by atoms with Crippen molar-refractivity contribution in [2.45, 2.75) is 25.3 Å². The number of aromatic nitrogens is 4. The first kappa shape index (κ1) is 15.3. The van der Waals surface area contributed by atoms with Gasteiger partial charge in [0.25, 0.3) is 0 Å². The van der Waals surface area contributed by atoms with Gasteiger partial charge in [0.05, 0.1) is 33.6 Å². The van der Waals surface area contributed by atoms with Crippen molar-refractivity contribution in [3.05, 3.63) is 40.6 Å². The number of nitrogen functional groups attached to an aromatic ring is 1. The quantitative estimate of drug-likeness (QED) is 0.698. The number of hydrogen-bond donors (Lipinski definition) is 2. The Morgan fingerprint density at radius 1 is 1.29 bits per heavy atom. The first-order chi connectivity index (χ1) is 11.6. The molecular weight excluding hydrogens is 375 g/mol. The van der Waals surface area contributed by atoms with E-state index in [1.807, 2.05) is 0 Å². The Balaban J connectivity index is 1.85. The number of anilines is 2. The summed E-state index contributed by atoms with van der Waals surface area (Å²) in [6, 6.07) is 3.24. The van der Waals surface area contributed by atoms with Gasteiger partial charge in [-0.25, -0.2) is 14.4 Å². The van der Waals surface area contributed by atoms with Crippen LogP contribution in [0.25, 0.3) is 10.9 Å². The Morgan fingerprint density at radius 3 is 2.96 bits per heavy atom. The van der Waals surface area contributed by atoms with Crippen LogP contribution in [0.5, 0.6) is 0 Å². The molecule has 0 aliphatic carbocycles. The number of H-pyrrole nitrogens is 1. The highest BCUT2D eigenvalue weighted by Gasteiger charge is 2.29. The molecule has 0 radical (unpaired) electrons. The maximum atomic E-state index is 13.8. The number of fused-ring (bicyclic) bond motifs is 1. The van der Waals surface area contributed by atoms with Crippen LogP contribution in [0.1, 0.15) is 31.0 Å². The Hall–Kier alpha value is -2.22. The van der Waals surface area contributed by atoms with Crippen LogP contribution >= 0.6 is 15.9 Å². The molecule has 3 N–H and O–H groups in total. The molecule has 1 atom stereocenters. The third-order valence-electron chi connectivity index (χ3n) is 4.46. The maximum Gasteiger partial charge on any atom is 0.140 e. The number of nitrogens with two attached hydrogens (primary N) is 1. The van der Waals surface area contributed by atoms with Gasteiger partial charge in [0, 0.05) is 18.0 Å². The van der Waals surface area contributed by atoms with E-state index in [1.54, 1.807) is 12.3 Å². The minimum absolute atomic E-state index is 0.0724. The number of benzene rings is 1. The number of nitrogens with one attached hydrogen (secondary N) is 1. The maximum absolute atomic E-state index is 13.8. The molecule has 1 saturated heterocycles. The largest absolute Gasteiger partial charge is 0.396 e. The van der Waals surface area contributed by atoms with Crippen molar-refractivity contribution in [2.75, 3.05) is 17.2 Å². The zero-order valence-electron chi connectivity index (χ0n) is 12.8. The van der Waals surface area contributed by atoms with Crippen LogP contribution in [0.4, 0.5) is 15.9 Å². The minimum atomic E-state index is -0.333. The molecule has 1 fully saturated rings. The van der Waals surface area contributed by atoms with Gasteiger partial charge in [-0.05, 0) is 41.3 Å². The highest BCUT2D eigenvalue weighted by molar-refractivity contribution is 9.10. The fourth-order valence-corrected chi connectivity index (χ4v) is 3.67. The first-order valence-electron chi connectivity index (χ1n) is 7.80. The molecule has 1 aliphatic rings. The van der Waals surface area contributed by atoms with Crippen molar-refractivity contribution in [3.8, 4) is 0 Å². The van der Waals surface area contributed by atoms with Gasteiger partial charge < -0.3 is 10.6 Å². The van der Waals surface area contributed by atoms with Crippen LogP contribution in [-0.2, 0) is 0 Å². The van der Waals surface area contributed by atoms with Gasteiger partial charge >= 0.3 is 0 Å². The van der Waals surface area contributed by atoms with E-state index in [4.69, 9.17) is 5.73 Å². The van der Waals surface area contributed by atoms with Gasteiger partial charge in [0.1, 0.15) is 18.0 Å². The van der Waals surface area contributed by atoms with Crippen LogP contribution in [0.2, 0.25) is 0 Å². The van der Waals surface area contributed by atoms with E-state index in [9.17, 15) is 4.39 Å². The molecule has 8 heteroatoms. The molecule has 124 valence electrons. The van der Waals surface area contributed by atoms with Crippen LogP contribution in [0, 0.1) is 5.82 Å². The molecule has 0 saturated carbocycles. The van der Waals surface area contributed by atoms with E-state index < -0.39 is 0 Å². The topological polar surface area (TPSA) is 83.7 Å². The Kier molecular flexibility index (Phi) is 3.84. The van der Waals surface area contributed by atoms with Gasteiger partial charge in [0.15, 0.2) is 0 Å². The summed E-state index contributed by atoms with van der Waals surface area (Å²) in [4.78, 5) is 10.9. The summed E-state index contributed by atoms with van der Waals surface area (Å²) in [5.41, 5.74) is 8.20. The van der Waals surface area contributed by atoms with Crippen LogP contribution in [0.15, 0.2) is 29.1 Å². The molecule has 1 unspecified atom stereocenters. The average molecular weight is 391 g/mol. The molecule has 0 amide bonds. The molecule has 0 bridgehead atoms. The van der Waals surface area contributed by atoms with E-state index in [2.05, 4.69) is 41.0 Å². The predicted molar refractivity (Wildman–Crippen MR) is 94.1 cm³/mol. The van der Waals surface area contributed by atoms with Crippen molar-refractivity contribution in [1.29, 1.82) is 0 Å². The van der Waals surface area contributed by atoms with Crippen LogP contribution in [-0.4, -0.2) is 26.7 Å². The summed E-state index contributed by atoms with van der Waals surface area (Å²) in [5.74, 6) is 0.458. The average Bonchev–Trinajstić information content (AvgIpc) is 3.01. The fourth-order valence-electron chi connectivity index (χ4n) is 3.32. The van der Waals surface area contributed by atoms with E-state index in [-0.39, 0.29) is 11.9 Å². The summed E-state index contributed by atoms with van der Waals surface area (Å²) >= 11 is 3.25.